The van der Waals surface area contributed by atoms with Crippen LogP contribution in [0.1, 0.15) is 79.6 Å². The Morgan fingerprint density at radius 1 is 1.14 bits per heavy atom. The van der Waals surface area contributed by atoms with E-state index in [2.05, 4.69) is 39.8 Å². The highest BCUT2D eigenvalue weighted by atomic mass is 16.5. The standard InChI is InChI=1S/C25H40O3/c1-6-7-17-13-22(28-16(3)26)24(4)11-10-21-20(23(17)24)9-8-18-14-19(27)12-15(2)25(18,21)5/h6-7,15,17-23,27H,8-14H2,1-5H3/t15-,17-,18-,19+,20+,21-,22-,23-,24+,25-/m0/s1. The molecule has 3 heteroatoms. The van der Waals surface area contributed by atoms with Crippen LogP contribution in [0.25, 0.3) is 0 Å². The number of hydrogen-bond donors (Lipinski definition) is 1. The number of esters is 1. The summed E-state index contributed by atoms with van der Waals surface area (Å²) < 4.78 is 5.90. The minimum absolute atomic E-state index is 0.0632. The zero-order chi connectivity index (χ0) is 20.3. The van der Waals surface area contributed by atoms with Gasteiger partial charge in [-0.2, -0.15) is 0 Å². The summed E-state index contributed by atoms with van der Waals surface area (Å²) in [7, 11) is 0. The molecule has 0 radical (unpaired) electrons. The summed E-state index contributed by atoms with van der Waals surface area (Å²) in [5.74, 6) is 3.74. The third-order valence-corrected chi connectivity index (χ3v) is 9.94. The van der Waals surface area contributed by atoms with Crippen LogP contribution in [-0.4, -0.2) is 23.3 Å². The third-order valence-electron chi connectivity index (χ3n) is 9.94. The second-order valence-corrected chi connectivity index (χ2v) is 11.0. The van der Waals surface area contributed by atoms with E-state index in [-0.39, 0.29) is 23.6 Å². The second kappa shape index (κ2) is 7.15. The molecule has 0 bridgehead atoms. The van der Waals surface area contributed by atoms with Crippen molar-refractivity contribution in [3.63, 3.8) is 0 Å². The van der Waals surface area contributed by atoms with E-state index in [0.717, 1.165) is 31.1 Å². The van der Waals surface area contributed by atoms with Gasteiger partial charge < -0.3 is 9.84 Å². The van der Waals surface area contributed by atoms with Crippen molar-refractivity contribution in [2.45, 2.75) is 91.8 Å². The predicted octanol–water partition coefficient (Wildman–Crippen LogP) is 5.37. The summed E-state index contributed by atoms with van der Waals surface area (Å²) >= 11 is 0. The summed E-state index contributed by atoms with van der Waals surface area (Å²) in [4.78, 5) is 11.8. The van der Waals surface area contributed by atoms with Gasteiger partial charge in [0.2, 0.25) is 0 Å². The first-order valence-electron chi connectivity index (χ1n) is 11.7. The number of aliphatic hydroxyl groups excluding tert-OH is 1. The molecule has 4 fully saturated rings. The Kier molecular flexibility index (Phi) is 5.22. The minimum Gasteiger partial charge on any atom is -0.462 e. The number of carbonyl (C=O) groups excluding carboxylic acids is 1. The number of rotatable bonds is 2. The number of ether oxygens (including phenoxy) is 1. The Balaban J connectivity index is 1.68. The lowest BCUT2D eigenvalue weighted by Crippen LogP contribution is -2.57. The fourth-order valence-corrected chi connectivity index (χ4v) is 8.65. The van der Waals surface area contributed by atoms with Crippen LogP contribution in [-0.2, 0) is 9.53 Å². The quantitative estimate of drug-likeness (QED) is 0.511. The van der Waals surface area contributed by atoms with Crippen LogP contribution < -0.4 is 0 Å². The molecular weight excluding hydrogens is 348 g/mol. The van der Waals surface area contributed by atoms with Crippen LogP contribution in [0, 0.1) is 46.3 Å². The van der Waals surface area contributed by atoms with Crippen molar-refractivity contribution in [1.82, 2.24) is 0 Å². The summed E-state index contributed by atoms with van der Waals surface area (Å²) in [5.41, 5.74) is 0.459. The lowest BCUT2D eigenvalue weighted by molar-refractivity contribution is -0.172. The van der Waals surface area contributed by atoms with Gasteiger partial charge in [-0.25, -0.2) is 0 Å². The lowest BCUT2D eigenvalue weighted by atomic mass is 9.42. The Bertz CT molecular complexity index is 642. The summed E-state index contributed by atoms with van der Waals surface area (Å²) in [6.45, 7) is 11.0. The van der Waals surface area contributed by atoms with Gasteiger partial charge in [0.15, 0.2) is 0 Å². The first-order chi connectivity index (χ1) is 13.2. The maximum atomic E-state index is 11.8. The molecule has 0 spiro atoms. The molecule has 28 heavy (non-hydrogen) atoms. The number of allylic oxidation sites excluding steroid dienone is 2. The van der Waals surface area contributed by atoms with E-state index in [4.69, 9.17) is 4.74 Å². The third kappa shape index (κ3) is 2.90. The van der Waals surface area contributed by atoms with Crippen LogP contribution >= 0.6 is 0 Å². The monoisotopic (exact) mass is 388 g/mol. The Hall–Kier alpha value is -0.830. The van der Waals surface area contributed by atoms with E-state index in [0.29, 0.717) is 29.1 Å². The predicted molar refractivity (Wildman–Crippen MR) is 112 cm³/mol. The van der Waals surface area contributed by atoms with Crippen molar-refractivity contribution in [3.8, 4) is 0 Å². The smallest absolute Gasteiger partial charge is 0.302 e. The molecule has 0 aliphatic heterocycles. The Labute approximate surface area is 171 Å². The molecule has 0 saturated heterocycles. The van der Waals surface area contributed by atoms with Crippen molar-refractivity contribution in [2.75, 3.05) is 0 Å². The minimum atomic E-state index is -0.126. The fourth-order valence-electron chi connectivity index (χ4n) is 8.65. The fraction of sp³-hybridized carbons (Fsp3) is 0.880. The van der Waals surface area contributed by atoms with Crippen molar-refractivity contribution >= 4 is 5.97 Å². The van der Waals surface area contributed by atoms with Gasteiger partial charge in [-0.15, -0.1) is 0 Å². The second-order valence-electron chi connectivity index (χ2n) is 11.0. The van der Waals surface area contributed by atoms with Crippen LogP contribution in [0.5, 0.6) is 0 Å². The van der Waals surface area contributed by atoms with Gasteiger partial charge in [0.1, 0.15) is 6.10 Å². The Morgan fingerprint density at radius 3 is 2.57 bits per heavy atom. The molecule has 4 saturated carbocycles. The van der Waals surface area contributed by atoms with Crippen molar-refractivity contribution in [1.29, 1.82) is 0 Å². The van der Waals surface area contributed by atoms with Gasteiger partial charge in [-0.3, -0.25) is 4.79 Å². The average molecular weight is 389 g/mol. The molecule has 4 aliphatic rings. The van der Waals surface area contributed by atoms with Crippen LogP contribution in [0.15, 0.2) is 12.2 Å². The van der Waals surface area contributed by atoms with Crippen molar-refractivity contribution in [3.05, 3.63) is 12.2 Å². The van der Waals surface area contributed by atoms with Crippen LogP contribution in [0.4, 0.5) is 0 Å². The normalized spacial score (nSPS) is 53.4. The Morgan fingerprint density at radius 2 is 1.89 bits per heavy atom. The molecule has 4 aliphatic carbocycles. The highest BCUT2D eigenvalue weighted by Gasteiger charge is 2.64. The average Bonchev–Trinajstić information content (AvgIpc) is 2.88. The molecule has 0 unspecified atom stereocenters. The van der Waals surface area contributed by atoms with E-state index in [1.165, 1.54) is 25.7 Å². The van der Waals surface area contributed by atoms with Gasteiger partial charge in [-0.1, -0.05) is 32.9 Å². The van der Waals surface area contributed by atoms with Crippen molar-refractivity contribution in [2.24, 2.45) is 46.3 Å². The van der Waals surface area contributed by atoms with Gasteiger partial charge in [0.05, 0.1) is 6.10 Å². The molecule has 158 valence electrons. The molecule has 3 nitrogen and oxygen atoms in total. The molecule has 10 atom stereocenters. The zero-order valence-corrected chi connectivity index (χ0v) is 18.5. The maximum absolute atomic E-state index is 11.8. The molecule has 0 amide bonds. The van der Waals surface area contributed by atoms with Gasteiger partial charge in [-0.05, 0) is 92.8 Å². The first-order valence-corrected chi connectivity index (χ1v) is 11.7. The summed E-state index contributed by atoms with van der Waals surface area (Å²) in [6.07, 6.45) is 12.5. The zero-order valence-electron chi connectivity index (χ0n) is 18.5. The maximum Gasteiger partial charge on any atom is 0.302 e. The first kappa shape index (κ1) is 20.4. The van der Waals surface area contributed by atoms with Crippen LogP contribution in [0.2, 0.25) is 0 Å². The highest BCUT2D eigenvalue weighted by Crippen LogP contribution is 2.68. The van der Waals surface area contributed by atoms with E-state index in [1.807, 2.05) is 0 Å². The highest BCUT2D eigenvalue weighted by molar-refractivity contribution is 5.66. The molecule has 4 rings (SSSR count). The molecule has 0 heterocycles. The number of carbonyl (C=O) groups is 1. The largest absolute Gasteiger partial charge is 0.462 e. The number of aliphatic hydroxyl groups is 1. The number of hydrogen-bond acceptors (Lipinski definition) is 3. The van der Waals surface area contributed by atoms with Gasteiger partial charge in [0.25, 0.3) is 0 Å². The van der Waals surface area contributed by atoms with Gasteiger partial charge in [0, 0.05) is 12.3 Å². The lowest BCUT2D eigenvalue weighted by Gasteiger charge is -2.63. The number of fused-ring (bicyclic) bond motifs is 5. The van der Waals surface area contributed by atoms with E-state index in [9.17, 15) is 9.90 Å². The molecule has 0 aromatic carbocycles. The summed E-state index contributed by atoms with van der Waals surface area (Å²) in [5, 5.41) is 10.4. The molecule has 1 N–H and O–H groups in total. The molecular formula is C25H40O3. The topological polar surface area (TPSA) is 46.5 Å². The van der Waals surface area contributed by atoms with Gasteiger partial charge >= 0.3 is 5.97 Å². The summed E-state index contributed by atoms with van der Waals surface area (Å²) in [6, 6.07) is 0. The van der Waals surface area contributed by atoms with E-state index in [1.54, 1.807) is 6.92 Å². The van der Waals surface area contributed by atoms with Crippen LogP contribution in [0.3, 0.4) is 0 Å². The van der Waals surface area contributed by atoms with Crippen molar-refractivity contribution < 1.29 is 14.6 Å². The van der Waals surface area contributed by atoms with E-state index >= 15 is 0 Å². The molecule has 0 aromatic rings. The van der Waals surface area contributed by atoms with E-state index < -0.39 is 0 Å². The molecule has 0 aromatic heterocycles. The SMILES string of the molecule is CC=C[C@H]1C[C@H](OC(C)=O)[C@@]2(C)CC[C@H]3[C@@H](CC[C@H]4C[C@H](O)C[C@H](C)[C@@]43C)[C@H]12.